The van der Waals surface area contributed by atoms with Crippen LogP contribution in [-0.4, -0.2) is 37.1 Å². The van der Waals surface area contributed by atoms with Gasteiger partial charge in [0.15, 0.2) is 0 Å². The lowest BCUT2D eigenvalue weighted by molar-refractivity contribution is 0.194. The summed E-state index contributed by atoms with van der Waals surface area (Å²) in [4.78, 5) is 16.4. The zero-order valence-corrected chi connectivity index (χ0v) is 13.7. The highest BCUT2D eigenvalue weighted by atomic mass is 35.5. The van der Waals surface area contributed by atoms with E-state index >= 15 is 0 Å². The van der Waals surface area contributed by atoms with Gasteiger partial charge in [-0.05, 0) is 29.8 Å². The number of carbonyl (C=O) groups excluding carboxylic acids is 1. The van der Waals surface area contributed by atoms with Crippen LogP contribution in [0.15, 0.2) is 54.6 Å². The highest BCUT2D eigenvalue weighted by Gasteiger charge is 2.20. The quantitative estimate of drug-likeness (QED) is 0.937. The summed E-state index contributed by atoms with van der Waals surface area (Å²) in [6.45, 7) is 3.67. The second-order valence-electron chi connectivity index (χ2n) is 5.60. The molecule has 4 nitrogen and oxygen atoms in total. The van der Waals surface area contributed by atoms with Gasteiger partial charge in [0.05, 0.1) is 0 Å². The molecule has 0 spiro atoms. The summed E-state index contributed by atoms with van der Waals surface area (Å²) in [5.74, 6) is 0. The van der Waals surface area contributed by atoms with Gasteiger partial charge >= 0.3 is 6.03 Å². The second kappa shape index (κ2) is 7.38. The summed E-state index contributed by atoms with van der Waals surface area (Å²) < 4.78 is 0. The zero-order valence-electron chi connectivity index (χ0n) is 12.9. The van der Waals surface area contributed by atoms with Gasteiger partial charge in [-0.1, -0.05) is 41.9 Å². The number of anilines is 1. The van der Waals surface area contributed by atoms with Crippen LogP contribution < -0.4 is 10.2 Å². The molecule has 5 heteroatoms. The topological polar surface area (TPSA) is 35.6 Å². The zero-order chi connectivity index (χ0) is 16.1. The van der Waals surface area contributed by atoms with E-state index in [1.807, 2.05) is 47.4 Å². The van der Waals surface area contributed by atoms with Crippen molar-refractivity contribution in [3.63, 3.8) is 0 Å². The van der Waals surface area contributed by atoms with Gasteiger partial charge in [0.25, 0.3) is 0 Å². The Labute approximate surface area is 141 Å². The monoisotopic (exact) mass is 329 g/mol. The second-order valence-corrected chi connectivity index (χ2v) is 6.03. The number of halogens is 1. The van der Waals surface area contributed by atoms with Crippen molar-refractivity contribution in [2.45, 2.75) is 6.54 Å². The Bertz CT molecular complexity index is 654. The number of carbonyl (C=O) groups is 1. The van der Waals surface area contributed by atoms with Gasteiger partial charge in [-0.3, -0.25) is 0 Å². The summed E-state index contributed by atoms with van der Waals surface area (Å²) in [6, 6.07) is 17.8. The Kier molecular flexibility index (Phi) is 5.03. The molecule has 1 aliphatic heterocycles. The average molecular weight is 330 g/mol. The molecule has 3 rings (SSSR count). The number of rotatable bonds is 3. The van der Waals surface area contributed by atoms with Crippen molar-refractivity contribution < 1.29 is 4.79 Å². The van der Waals surface area contributed by atoms with Crippen LogP contribution in [0.2, 0.25) is 5.02 Å². The molecule has 1 N–H and O–H groups in total. The summed E-state index contributed by atoms with van der Waals surface area (Å²) in [5.41, 5.74) is 2.22. The van der Waals surface area contributed by atoms with Gasteiger partial charge in [0, 0.05) is 43.4 Å². The minimum Gasteiger partial charge on any atom is -0.368 e. The van der Waals surface area contributed by atoms with Crippen LogP contribution in [0, 0.1) is 0 Å². The Morgan fingerprint density at radius 1 is 1.00 bits per heavy atom. The Balaban J connectivity index is 1.48. The summed E-state index contributed by atoms with van der Waals surface area (Å²) >= 11 is 5.95. The van der Waals surface area contributed by atoms with Crippen molar-refractivity contribution in [1.82, 2.24) is 10.2 Å². The van der Waals surface area contributed by atoms with Crippen molar-refractivity contribution in [3.8, 4) is 0 Å². The molecule has 1 aliphatic rings. The van der Waals surface area contributed by atoms with Crippen LogP contribution in [0.5, 0.6) is 0 Å². The summed E-state index contributed by atoms with van der Waals surface area (Å²) in [7, 11) is 0. The highest BCUT2D eigenvalue weighted by Crippen LogP contribution is 2.15. The molecule has 2 aromatic rings. The Morgan fingerprint density at radius 2 is 1.74 bits per heavy atom. The normalized spacial score (nSPS) is 14.7. The summed E-state index contributed by atoms with van der Waals surface area (Å²) in [5, 5.41) is 3.65. The lowest BCUT2D eigenvalue weighted by Crippen LogP contribution is -2.51. The van der Waals surface area contributed by atoms with E-state index in [9.17, 15) is 4.79 Å². The van der Waals surface area contributed by atoms with Crippen molar-refractivity contribution in [3.05, 3.63) is 65.2 Å². The number of urea groups is 1. The molecule has 2 amide bonds. The standard InChI is InChI=1S/C18H20ClN3O/c19-16-6-4-5-15(13-16)14-20-18(23)22-11-9-21(10-12-22)17-7-2-1-3-8-17/h1-8,13H,9-12,14H2,(H,20,23). The number of amides is 2. The number of hydrogen-bond acceptors (Lipinski definition) is 2. The number of hydrogen-bond donors (Lipinski definition) is 1. The van der Waals surface area contributed by atoms with Crippen LogP contribution in [0.1, 0.15) is 5.56 Å². The smallest absolute Gasteiger partial charge is 0.317 e. The van der Waals surface area contributed by atoms with Gasteiger partial charge in [0.2, 0.25) is 0 Å². The minimum absolute atomic E-state index is 0.0160. The molecule has 0 bridgehead atoms. The van der Waals surface area contributed by atoms with E-state index < -0.39 is 0 Å². The van der Waals surface area contributed by atoms with E-state index in [4.69, 9.17) is 11.6 Å². The molecule has 1 fully saturated rings. The van der Waals surface area contributed by atoms with E-state index in [1.54, 1.807) is 0 Å². The molecule has 2 aromatic carbocycles. The first-order valence-corrected chi connectivity index (χ1v) is 8.17. The molecule has 120 valence electrons. The van der Waals surface area contributed by atoms with Crippen LogP contribution in [0.25, 0.3) is 0 Å². The molecule has 0 aromatic heterocycles. The maximum atomic E-state index is 12.3. The van der Waals surface area contributed by atoms with Crippen LogP contribution in [-0.2, 0) is 6.54 Å². The van der Waals surface area contributed by atoms with Crippen molar-refractivity contribution >= 4 is 23.3 Å². The molecular weight excluding hydrogens is 310 g/mol. The van der Waals surface area contributed by atoms with E-state index in [0.717, 1.165) is 31.7 Å². The molecule has 1 heterocycles. The summed E-state index contributed by atoms with van der Waals surface area (Å²) in [6.07, 6.45) is 0. The van der Waals surface area contributed by atoms with E-state index in [2.05, 4.69) is 22.3 Å². The predicted octanol–water partition coefficient (Wildman–Crippen LogP) is 3.37. The number of nitrogens with zero attached hydrogens (tertiary/aromatic N) is 2. The first-order valence-electron chi connectivity index (χ1n) is 7.79. The minimum atomic E-state index is -0.0160. The highest BCUT2D eigenvalue weighted by molar-refractivity contribution is 6.30. The number of benzene rings is 2. The third kappa shape index (κ3) is 4.17. The van der Waals surface area contributed by atoms with Gasteiger partial charge in [-0.15, -0.1) is 0 Å². The van der Waals surface area contributed by atoms with E-state index in [1.165, 1.54) is 5.69 Å². The van der Waals surface area contributed by atoms with Gasteiger partial charge < -0.3 is 15.1 Å². The SMILES string of the molecule is O=C(NCc1cccc(Cl)c1)N1CCN(c2ccccc2)CC1. The maximum Gasteiger partial charge on any atom is 0.317 e. The van der Waals surface area contributed by atoms with Crippen LogP contribution in [0.4, 0.5) is 10.5 Å². The van der Waals surface area contributed by atoms with Crippen molar-refractivity contribution in [2.75, 3.05) is 31.1 Å². The number of nitrogens with one attached hydrogen (secondary N) is 1. The molecule has 23 heavy (non-hydrogen) atoms. The third-order valence-electron chi connectivity index (χ3n) is 4.02. The molecule has 0 unspecified atom stereocenters. The van der Waals surface area contributed by atoms with E-state index in [0.29, 0.717) is 11.6 Å². The first-order chi connectivity index (χ1) is 11.2. The fourth-order valence-electron chi connectivity index (χ4n) is 2.74. The number of piperazine rings is 1. The Morgan fingerprint density at radius 3 is 2.43 bits per heavy atom. The lowest BCUT2D eigenvalue weighted by atomic mass is 10.2. The van der Waals surface area contributed by atoms with Gasteiger partial charge in [-0.25, -0.2) is 4.79 Å². The number of para-hydroxylation sites is 1. The average Bonchev–Trinajstić information content (AvgIpc) is 2.61. The molecule has 0 radical (unpaired) electrons. The Hall–Kier alpha value is -2.20. The molecule has 0 aliphatic carbocycles. The molecule has 0 saturated carbocycles. The maximum absolute atomic E-state index is 12.3. The van der Waals surface area contributed by atoms with Gasteiger partial charge in [0.1, 0.15) is 0 Å². The first kappa shape index (κ1) is 15.7. The van der Waals surface area contributed by atoms with E-state index in [-0.39, 0.29) is 6.03 Å². The molecule has 1 saturated heterocycles. The predicted molar refractivity (Wildman–Crippen MR) is 93.9 cm³/mol. The largest absolute Gasteiger partial charge is 0.368 e. The van der Waals surface area contributed by atoms with Crippen molar-refractivity contribution in [2.24, 2.45) is 0 Å². The lowest BCUT2D eigenvalue weighted by Gasteiger charge is -2.36. The van der Waals surface area contributed by atoms with Crippen LogP contribution in [0.3, 0.4) is 0 Å². The third-order valence-corrected chi connectivity index (χ3v) is 4.26. The van der Waals surface area contributed by atoms with Gasteiger partial charge in [-0.2, -0.15) is 0 Å². The molecular formula is C18H20ClN3O. The fourth-order valence-corrected chi connectivity index (χ4v) is 2.96. The molecule has 0 atom stereocenters. The van der Waals surface area contributed by atoms with Crippen molar-refractivity contribution in [1.29, 1.82) is 0 Å². The fraction of sp³-hybridized carbons (Fsp3) is 0.278. The van der Waals surface area contributed by atoms with Crippen LogP contribution >= 0.6 is 11.6 Å².